The summed E-state index contributed by atoms with van der Waals surface area (Å²) in [6, 6.07) is 6.29. The number of hydrogen-bond acceptors (Lipinski definition) is 4. The predicted molar refractivity (Wildman–Crippen MR) is 71.4 cm³/mol. The number of rotatable bonds is 7. The number of benzene rings is 1. The molecule has 0 radical (unpaired) electrons. The van der Waals surface area contributed by atoms with Gasteiger partial charge in [0.25, 0.3) is 0 Å². The van der Waals surface area contributed by atoms with Gasteiger partial charge in [-0.05, 0) is 24.1 Å². The standard InChI is InChI=1S/C13H16O5S/c1-18-12(14)3-2-8-19(17)9-10-4-6-11(7-5-10)13(15)16/h4-7H,2-3,8-9H2,1H3,(H,15,16). The third kappa shape index (κ3) is 5.65. The number of esters is 1. The monoisotopic (exact) mass is 284 g/mol. The second-order valence-corrected chi connectivity index (χ2v) is 5.55. The zero-order valence-electron chi connectivity index (χ0n) is 10.6. The zero-order chi connectivity index (χ0) is 14.3. The van der Waals surface area contributed by atoms with Crippen molar-refractivity contribution < 1.29 is 23.6 Å². The first kappa shape index (κ1) is 15.4. The van der Waals surface area contributed by atoms with Crippen molar-refractivity contribution in [1.29, 1.82) is 0 Å². The molecule has 0 saturated carbocycles. The van der Waals surface area contributed by atoms with Crippen molar-refractivity contribution in [3.63, 3.8) is 0 Å². The number of carboxylic acid groups (broad SMARTS) is 1. The Hall–Kier alpha value is -1.69. The summed E-state index contributed by atoms with van der Waals surface area (Å²) < 4.78 is 16.2. The summed E-state index contributed by atoms with van der Waals surface area (Å²) in [5.74, 6) is -0.495. The largest absolute Gasteiger partial charge is 0.478 e. The van der Waals surface area contributed by atoms with Crippen LogP contribution in [0.15, 0.2) is 24.3 Å². The lowest BCUT2D eigenvalue weighted by Crippen LogP contribution is -2.06. The number of carbonyl (C=O) groups is 2. The smallest absolute Gasteiger partial charge is 0.335 e. The number of hydrogen-bond donors (Lipinski definition) is 1. The predicted octanol–water partition coefficient (Wildman–Crippen LogP) is 1.59. The second-order valence-electron chi connectivity index (χ2n) is 3.97. The van der Waals surface area contributed by atoms with Gasteiger partial charge in [-0.1, -0.05) is 12.1 Å². The van der Waals surface area contributed by atoms with E-state index in [1.54, 1.807) is 12.1 Å². The third-order valence-corrected chi connectivity index (χ3v) is 3.91. The molecular weight excluding hydrogens is 268 g/mol. The Morgan fingerprint density at radius 3 is 2.42 bits per heavy atom. The molecule has 5 nitrogen and oxygen atoms in total. The highest BCUT2D eigenvalue weighted by atomic mass is 32.2. The van der Waals surface area contributed by atoms with Crippen molar-refractivity contribution in [3.05, 3.63) is 35.4 Å². The first-order chi connectivity index (χ1) is 9.02. The minimum atomic E-state index is -1.06. The van der Waals surface area contributed by atoms with Gasteiger partial charge in [0, 0.05) is 28.7 Å². The van der Waals surface area contributed by atoms with Gasteiger partial charge in [0.05, 0.1) is 12.7 Å². The van der Waals surface area contributed by atoms with Crippen molar-refractivity contribution in [2.24, 2.45) is 0 Å². The molecule has 1 unspecified atom stereocenters. The second kappa shape index (κ2) is 7.68. The average molecular weight is 284 g/mol. The number of carboxylic acids is 1. The fourth-order valence-corrected chi connectivity index (χ4v) is 2.66. The maximum Gasteiger partial charge on any atom is 0.335 e. The Bertz CT molecular complexity index is 466. The van der Waals surface area contributed by atoms with E-state index in [2.05, 4.69) is 4.74 Å². The molecule has 104 valence electrons. The van der Waals surface area contributed by atoms with Crippen molar-refractivity contribution in [2.75, 3.05) is 12.9 Å². The van der Waals surface area contributed by atoms with Crippen LogP contribution in [-0.2, 0) is 26.1 Å². The van der Waals surface area contributed by atoms with Crippen LogP contribution >= 0.6 is 0 Å². The van der Waals surface area contributed by atoms with E-state index in [4.69, 9.17) is 5.11 Å². The molecule has 0 saturated heterocycles. The lowest BCUT2D eigenvalue weighted by Gasteiger charge is -2.03. The van der Waals surface area contributed by atoms with E-state index in [9.17, 15) is 13.8 Å². The highest BCUT2D eigenvalue weighted by Crippen LogP contribution is 2.08. The lowest BCUT2D eigenvalue weighted by molar-refractivity contribution is -0.140. The van der Waals surface area contributed by atoms with E-state index in [1.807, 2.05) is 0 Å². The number of carbonyl (C=O) groups excluding carboxylic acids is 1. The van der Waals surface area contributed by atoms with Gasteiger partial charge in [-0.25, -0.2) is 4.79 Å². The zero-order valence-corrected chi connectivity index (χ0v) is 11.4. The van der Waals surface area contributed by atoms with Crippen LogP contribution in [0, 0.1) is 0 Å². The molecular formula is C13H16O5S. The van der Waals surface area contributed by atoms with Crippen molar-refractivity contribution in [1.82, 2.24) is 0 Å². The summed E-state index contributed by atoms with van der Waals surface area (Å²) in [5, 5.41) is 8.75. The minimum Gasteiger partial charge on any atom is -0.478 e. The molecule has 0 aliphatic rings. The van der Waals surface area contributed by atoms with Crippen LogP contribution in [0.5, 0.6) is 0 Å². The van der Waals surface area contributed by atoms with E-state index in [1.165, 1.54) is 19.2 Å². The molecule has 1 atom stereocenters. The summed E-state index contributed by atoms with van der Waals surface area (Å²) in [5.41, 5.74) is 1.03. The van der Waals surface area contributed by atoms with Crippen LogP contribution in [0.2, 0.25) is 0 Å². The molecule has 1 N–H and O–H groups in total. The third-order valence-electron chi connectivity index (χ3n) is 2.51. The van der Waals surface area contributed by atoms with Crippen LogP contribution in [0.1, 0.15) is 28.8 Å². The average Bonchev–Trinajstić information content (AvgIpc) is 2.39. The molecule has 0 spiro atoms. The Kier molecular flexibility index (Phi) is 6.21. The molecule has 19 heavy (non-hydrogen) atoms. The van der Waals surface area contributed by atoms with Gasteiger partial charge < -0.3 is 9.84 Å². The minimum absolute atomic E-state index is 0.209. The Labute approximate surface area is 114 Å². The summed E-state index contributed by atoms with van der Waals surface area (Å²) in [7, 11) is 0.261. The summed E-state index contributed by atoms with van der Waals surface area (Å²) in [6.07, 6.45) is 0.784. The number of aromatic carboxylic acids is 1. The summed E-state index contributed by atoms with van der Waals surface area (Å²) >= 11 is 0. The molecule has 1 aromatic rings. The normalized spacial score (nSPS) is 11.8. The fourth-order valence-electron chi connectivity index (χ4n) is 1.48. The first-order valence-electron chi connectivity index (χ1n) is 5.77. The van der Waals surface area contributed by atoms with Gasteiger partial charge in [0.15, 0.2) is 0 Å². The highest BCUT2D eigenvalue weighted by molar-refractivity contribution is 7.84. The lowest BCUT2D eigenvalue weighted by atomic mass is 10.1. The first-order valence-corrected chi connectivity index (χ1v) is 7.25. The summed E-state index contributed by atoms with van der Waals surface area (Å²) in [6.45, 7) is 0. The topological polar surface area (TPSA) is 80.7 Å². The van der Waals surface area contributed by atoms with Crippen LogP contribution < -0.4 is 0 Å². The Morgan fingerprint density at radius 2 is 1.89 bits per heavy atom. The van der Waals surface area contributed by atoms with Gasteiger partial charge >= 0.3 is 11.9 Å². The molecule has 0 bridgehead atoms. The van der Waals surface area contributed by atoms with Gasteiger partial charge in [-0.3, -0.25) is 9.00 Å². The van der Waals surface area contributed by atoms with E-state index >= 15 is 0 Å². The van der Waals surface area contributed by atoms with Gasteiger partial charge in [-0.2, -0.15) is 0 Å². The van der Waals surface area contributed by atoms with Gasteiger partial charge in [0.2, 0.25) is 0 Å². The SMILES string of the molecule is COC(=O)CCCS(=O)Cc1ccc(C(=O)O)cc1. The number of methoxy groups -OCH3 is 1. The molecule has 6 heteroatoms. The molecule has 0 fully saturated rings. The quantitative estimate of drug-likeness (QED) is 0.769. The fraction of sp³-hybridized carbons (Fsp3) is 0.385. The molecule has 0 aromatic heterocycles. The van der Waals surface area contributed by atoms with Crippen molar-refractivity contribution >= 4 is 22.7 Å². The van der Waals surface area contributed by atoms with E-state index in [0.717, 1.165) is 5.56 Å². The molecule has 0 aliphatic heterocycles. The molecule has 0 aliphatic carbocycles. The van der Waals surface area contributed by atoms with Crippen LogP contribution in [-0.4, -0.2) is 34.1 Å². The van der Waals surface area contributed by atoms with Crippen LogP contribution in [0.4, 0.5) is 0 Å². The van der Waals surface area contributed by atoms with Crippen molar-refractivity contribution in [2.45, 2.75) is 18.6 Å². The van der Waals surface area contributed by atoms with E-state index in [-0.39, 0.29) is 18.0 Å². The maximum atomic E-state index is 11.7. The van der Waals surface area contributed by atoms with Gasteiger partial charge in [0.1, 0.15) is 0 Å². The molecule has 1 aromatic carbocycles. The molecule has 0 amide bonds. The highest BCUT2D eigenvalue weighted by Gasteiger charge is 2.06. The number of ether oxygens (including phenoxy) is 1. The Balaban J connectivity index is 2.40. The molecule has 1 rings (SSSR count). The van der Waals surface area contributed by atoms with Crippen LogP contribution in [0.3, 0.4) is 0 Å². The van der Waals surface area contributed by atoms with E-state index < -0.39 is 16.8 Å². The Morgan fingerprint density at radius 1 is 1.26 bits per heavy atom. The maximum absolute atomic E-state index is 11.7. The molecule has 0 heterocycles. The van der Waals surface area contributed by atoms with Crippen molar-refractivity contribution in [3.8, 4) is 0 Å². The van der Waals surface area contributed by atoms with E-state index in [0.29, 0.717) is 17.9 Å². The van der Waals surface area contributed by atoms with Crippen LogP contribution in [0.25, 0.3) is 0 Å². The van der Waals surface area contributed by atoms with Gasteiger partial charge in [-0.15, -0.1) is 0 Å². The summed E-state index contributed by atoms with van der Waals surface area (Å²) in [4.78, 5) is 21.5.